The predicted molar refractivity (Wildman–Crippen MR) is 116 cm³/mol. The molecule has 0 spiro atoms. The van der Waals surface area contributed by atoms with E-state index < -0.39 is 0 Å². The number of hydrazine groups is 1. The van der Waals surface area contributed by atoms with Crippen LogP contribution in [-0.4, -0.2) is 62.3 Å². The van der Waals surface area contributed by atoms with Crippen LogP contribution in [0.5, 0.6) is 0 Å². The predicted octanol–water partition coefficient (Wildman–Crippen LogP) is 2.26. The van der Waals surface area contributed by atoms with Gasteiger partial charge in [0.2, 0.25) is 5.91 Å². The van der Waals surface area contributed by atoms with Gasteiger partial charge in [-0.3, -0.25) is 15.0 Å². The number of thiophene rings is 1. The lowest BCUT2D eigenvalue weighted by molar-refractivity contribution is -0.129. The fourth-order valence-electron chi connectivity index (χ4n) is 3.52. The number of hydrogen-bond acceptors (Lipinski definition) is 10. The van der Waals surface area contributed by atoms with E-state index in [-0.39, 0.29) is 18.4 Å². The highest BCUT2D eigenvalue weighted by Crippen LogP contribution is 2.33. The summed E-state index contributed by atoms with van der Waals surface area (Å²) in [6.45, 7) is 4.60. The van der Waals surface area contributed by atoms with Crippen LogP contribution < -0.4 is 10.5 Å². The van der Waals surface area contributed by atoms with Crippen molar-refractivity contribution in [1.29, 1.82) is 0 Å². The first-order valence-corrected chi connectivity index (χ1v) is 11.0. The fraction of sp³-hybridized carbons (Fsp3) is 0.450. The third-order valence-corrected chi connectivity index (χ3v) is 6.22. The zero-order valence-electron chi connectivity index (χ0n) is 17.3. The Balaban J connectivity index is 1.52. The molecule has 2 N–H and O–H groups in total. The van der Waals surface area contributed by atoms with Gasteiger partial charge in [-0.05, 0) is 19.8 Å². The molecule has 3 aromatic heterocycles. The van der Waals surface area contributed by atoms with Crippen molar-refractivity contribution in [3.63, 3.8) is 0 Å². The van der Waals surface area contributed by atoms with Crippen LogP contribution in [-0.2, 0) is 9.53 Å². The number of anilines is 1. The number of unbranched alkanes of at least 4 members (excludes halogenated alkanes) is 1. The number of hydroxylamine groups is 1. The summed E-state index contributed by atoms with van der Waals surface area (Å²) >= 11 is 1.64. The SMILES string of the molecule is Cc1ncc(C2CN(N(CCCCC(=O)NO)c3cc4ncncc4s3)CCO2)cn1. The summed E-state index contributed by atoms with van der Waals surface area (Å²) in [5.41, 5.74) is 3.56. The van der Waals surface area contributed by atoms with Crippen LogP contribution >= 0.6 is 11.3 Å². The number of rotatable bonds is 8. The van der Waals surface area contributed by atoms with E-state index in [1.54, 1.807) is 23.1 Å². The molecule has 1 amide bonds. The summed E-state index contributed by atoms with van der Waals surface area (Å²) in [6.07, 6.45) is 8.66. The van der Waals surface area contributed by atoms with Crippen LogP contribution in [0.25, 0.3) is 10.2 Å². The molecule has 4 rings (SSSR count). The lowest BCUT2D eigenvalue weighted by Gasteiger charge is -2.41. The highest BCUT2D eigenvalue weighted by atomic mass is 32.1. The van der Waals surface area contributed by atoms with Crippen molar-refractivity contribution in [1.82, 2.24) is 30.4 Å². The van der Waals surface area contributed by atoms with E-state index in [1.807, 2.05) is 25.5 Å². The molecule has 0 aromatic carbocycles. The molecule has 31 heavy (non-hydrogen) atoms. The first-order valence-electron chi connectivity index (χ1n) is 10.2. The Hall–Kier alpha value is -2.73. The molecular weight excluding hydrogens is 418 g/mol. The molecule has 0 saturated carbocycles. The maximum atomic E-state index is 11.3. The molecule has 1 unspecified atom stereocenters. The minimum absolute atomic E-state index is 0.119. The number of fused-ring (bicyclic) bond motifs is 1. The number of amides is 1. The number of ether oxygens (including phenoxy) is 1. The number of carbonyl (C=O) groups excluding carboxylic acids is 1. The highest BCUT2D eigenvalue weighted by Gasteiger charge is 2.28. The Morgan fingerprint density at radius 3 is 2.94 bits per heavy atom. The van der Waals surface area contributed by atoms with Gasteiger partial charge in [0.1, 0.15) is 23.3 Å². The Kier molecular flexibility index (Phi) is 6.97. The van der Waals surface area contributed by atoms with Crippen molar-refractivity contribution in [3.8, 4) is 0 Å². The Morgan fingerprint density at radius 2 is 2.16 bits per heavy atom. The topological polar surface area (TPSA) is 117 Å². The molecule has 11 heteroatoms. The van der Waals surface area contributed by atoms with Gasteiger partial charge < -0.3 is 4.74 Å². The summed E-state index contributed by atoms with van der Waals surface area (Å²) in [5, 5.41) is 14.3. The van der Waals surface area contributed by atoms with Gasteiger partial charge in [-0.2, -0.15) is 0 Å². The summed E-state index contributed by atoms with van der Waals surface area (Å²) in [6, 6.07) is 2.07. The average molecular weight is 444 g/mol. The Morgan fingerprint density at radius 1 is 1.32 bits per heavy atom. The minimum Gasteiger partial charge on any atom is -0.371 e. The molecule has 0 aliphatic carbocycles. The van der Waals surface area contributed by atoms with Gasteiger partial charge in [0.25, 0.3) is 0 Å². The van der Waals surface area contributed by atoms with Crippen molar-refractivity contribution >= 4 is 32.5 Å². The number of nitrogens with zero attached hydrogens (tertiary/aromatic N) is 6. The van der Waals surface area contributed by atoms with E-state index in [0.717, 1.165) is 46.1 Å². The van der Waals surface area contributed by atoms with E-state index in [1.165, 1.54) is 0 Å². The summed E-state index contributed by atoms with van der Waals surface area (Å²) in [5.74, 6) is 0.367. The van der Waals surface area contributed by atoms with Crippen molar-refractivity contribution in [2.45, 2.75) is 32.3 Å². The third kappa shape index (κ3) is 5.31. The second kappa shape index (κ2) is 10.1. The fourth-order valence-corrected chi connectivity index (χ4v) is 4.56. The van der Waals surface area contributed by atoms with E-state index in [4.69, 9.17) is 9.94 Å². The first kappa shape index (κ1) is 21.5. The van der Waals surface area contributed by atoms with Crippen molar-refractivity contribution < 1.29 is 14.7 Å². The van der Waals surface area contributed by atoms with Crippen LogP contribution in [0.15, 0.2) is 31.0 Å². The number of aryl methyl sites for hydroxylation is 1. The lowest BCUT2D eigenvalue weighted by Crippen LogP contribution is -2.50. The van der Waals surface area contributed by atoms with Crippen LogP contribution in [0.1, 0.15) is 36.8 Å². The molecular formula is C20H25N7O3S. The van der Waals surface area contributed by atoms with Gasteiger partial charge >= 0.3 is 0 Å². The second-order valence-corrected chi connectivity index (χ2v) is 8.37. The quantitative estimate of drug-likeness (QED) is 0.307. The number of nitrogens with one attached hydrogen (secondary N) is 1. The van der Waals surface area contributed by atoms with Crippen LogP contribution in [0.4, 0.5) is 5.00 Å². The molecule has 1 fully saturated rings. The molecule has 1 aliphatic rings. The normalized spacial score (nSPS) is 17.0. The zero-order valence-corrected chi connectivity index (χ0v) is 18.1. The largest absolute Gasteiger partial charge is 0.371 e. The monoisotopic (exact) mass is 443 g/mol. The minimum atomic E-state index is -0.366. The molecule has 10 nitrogen and oxygen atoms in total. The van der Waals surface area contributed by atoms with Gasteiger partial charge in [-0.15, -0.1) is 11.3 Å². The van der Waals surface area contributed by atoms with Crippen molar-refractivity contribution in [3.05, 3.63) is 42.4 Å². The molecule has 1 saturated heterocycles. The summed E-state index contributed by atoms with van der Waals surface area (Å²) in [4.78, 5) is 28.4. The maximum Gasteiger partial charge on any atom is 0.243 e. The molecule has 164 valence electrons. The standard InChI is InChI=1S/C20H25N7O3S/c1-14-22-9-15(10-23-14)17-12-26(6-7-30-17)27(5-3-2-4-19(28)25-29)20-8-16-18(31-20)11-21-13-24-16/h8-11,13,17,29H,2-7,12H2,1H3,(H,25,28). The lowest BCUT2D eigenvalue weighted by atomic mass is 10.1. The van der Waals surface area contributed by atoms with Crippen LogP contribution in [0.3, 0.4) is 0 Å². The van der Waals surface area contributed by atoms with E-state index in [2.05, 4.69) is 36.0 Å². The molecule has 0 bridgehead atoms. The van der Waals surface area contributed by atoms with Gasteiger partial charge in [-0.1, -0.05) is 0 Å². The Bertz CT molecular complexity index is 980. The van der Waals surface area contributed by atoms with Crippen molar-refractivity contribution in [2.75, 3.05) is 31.3 Å². The first-order chi connectivity index (χ1) is 15.1. The smallest absolute Gasteiger partial charge is 0.243 e. The molecule has 3 aromatic rings. The molecule has 1 atom stereocenters. The molecule has 1 aliphatic heterocycles. The number of aromatic nitrogens is 4. The average Bonchev–Trinajstić information content (AvgIpc) is 3.23. The third-order valence-electron chi connectivity index (χ3n) is 5.14. The van der Waals surface area contributed by atoms with Gasteiger partial charge in [0, 0.05) is 56.3 Å². The number of carbonyl (C=O) groups is 1. The maximum absolute atomic E-state index is 11.3. The second-order valence-electron chi connectivity index (χ2n) is 7.31. The van der Waals surface area contributed by atoms with E-state index >= 15 is 0 Å². The van der Waals surface area contributed by atoms with Gasteiger partial charge in [0.05, 0.1) is 16.8 Å². The van der Waals surface area contributed by atoms with Gasteiger partial charge in [0.15, 0.2) is 0 Å². The zero-order chi connectivity index (χ0) is 21.6. The van der Waals surface area contributed by atoms with E-state index in [0.29, 0.717) is 19.6 Å². The van der Waals surface area contributed by atoms with E-state index in [9.17, 15) is 4.79 Å². The number of morpholine rings is 1. The summed E-state index contributed by atoms with van der Waals surface area (Å²) in [7, 11) is 0. The van der Waals surface area contributed by atoms with Crippen LogP contribution in [0.2, 0.25) is 0 Å². The highest BCUT2D eigenvalue weighted by molar-refractivity contribution is 7.22. The number of hydrogen-bond donors (Lipinski definition) is 2. The Labute approximate surface area is 183 Å². The molecule has 0 radical (unpaired) electrons. The molecule has 4 heterocycles. The van der Waals surface area contributed by atoms with Gasteiger partial charge in [-0.25, -0.2) is 30.4 Å². The van der Waals surface area contributed by atoms with Crippen molar-refractivity contribution in [2.24, 2.45) is 0 Å². The van der Waals surface area contributed by atoms with Crippen LogP contribution in [0, 0.1) is 6.92 Å². The summed E-state index contributed by atoms with van der Waals surface area (Å²) < 4.78 is 7.03.